The first kappa shape index (κ1) is 13.9. The molecule has 3 nitrogen and oxygen atoms in total. The minimum Gasteiger partial charge on any atom is -0.438 e. The second-order valence-corrected chi connectivity index (χ2v) is 5.98. The van der Waals surface area contributed by atoms with Crippen LogP contribution in [0.2, 0.25) is 0 Å². The van der Waals surface area contributed by atoms with Gasteiger partial charge < -0.3 is 4.42 Å². The molecule has 114 valence electrons. The first-order valence-electron chi connectivity index (χ1n) is 7.95. The summed E-state index contributed by atoms with van der Waals surface area (Å²) in [6.45, 7) is 4.28. The number of para-hydroxylation sites is 1. The quantitative estimate of drug-likeness (QED) is 0.515. The summed E-state index contributed by atoms with van der Waals surface area (Å²) in [4.78, 5) is 4.49. The smallest absolute Gasteiger partial charge is 0.228 e. The summed E-state index contributed by atoms with van der Waals surface area (Å²) in [5, 5.41) is 2.22. The van der Waals surface area contributed by atoms with Gasteiger partial charge in [0.2, 0.25) is 11.4 Å². The molecule has 0 amide bonds. The van der Waals surface area contributed by atoms with Crippen molar-refractivity contribution < 1.29 is 8.98 Å². The molecule has 0 atom stereocenters. The van der Waals surface area contributed by atoms with E-state index in [0.717, 1.165) is 28.3 Å². The van der Waals surface area contributed by atoms with Gasteiger partial charge in [0.1, 0.15) is 12.6 Å². The largest absolute Gasteiger partial charge is 0.438 e. The first-order chi connectivity index (χ1) is 11.2. The summed E-state index contributed by atoms with van der Waals surface area (Å²) in [6.07, 6.45) is 5.13. The van der Waals surface area contributed by atoms with Crippen LogP contribution in [0.3, 0.4) is 0 Å². The third kappa shape index (κ3) is 2.12. The summed E-state index contributed by atoms with van der Waals surface area (Å²) < 4.78 is 8.13. The fourth-order valence-corrected chi connectivity index (χ4v) is 3.25. The molecule has 0 unspecified atom stereocenters. The molecule has 1 aromatic carbocycles. The fourth-order valence-electron chi connectivity index (χ4n) is 3.25. The summed E-state index contributed by atoms with van der Waals surface area (Å²) in [7, 11) is 2.10. The van der Waals surface area contributed by atoms with Gasteiger partial charge in [-0.15, -0.1) is 0 Å². The van der Waals surface area contributed by atoms with E-state index in [1.165, 1.54) is 16.8 Å². The molecule has 4 aromatic rings. The van der Waals surface area contributed by atoms with Crippen molar-refractivity contribution in [2.45, 2.75) is 20.3 Å². The molecule has 0 spiro atoms. The fraction of sp³-hybridized carbons (Fsp3) is 0.200. The van der Waals surface area contributed by atoms with E-state index >= 15 is 0 Å². The number of hydrogen-bond donors (Lipinski definition) is 0. The van der Waals surface area contributed by atoms with E-state index in [9.17, 15) is 0 Å². The molecule has 4 rings (SSSR count). The third-order valence-corrected chi connectivity index (χ3v) is 4.46. The highest BCUT2D eigenvalue weighted by atomic mass is 16.3. The average molecular weight is 303 g/mol. The van der Waals surface area contributed by atoms with Crippen LogP contribution in [0.1, 0.15) is 18.1 Å². The Morgan fingerprint density at radius 1 is 1.13 bits per heavy atom. The lowest BCUT2D eigenvalue weighted by Crippen LogP contribution is -2.31. The van der Waals surface area contributed by atoms with Crippen LogP contribution < -0.4 is 4.57 Å². The number of furan rings is 1. The van der Waals surface area contributed by atoms with Crippen LogP contribution in [0.25, 0.3) is 33.3 Å². The van der Waals surface area contributed by atoms with Crippen LogP contribution in [0.4, 0.5) is 0 Å². The van der Waals surface area contributed by atoms with Gasteiger partial charge in [0.15, 0.2) is 6.20 Å². The van der Waals surface area contributed by atoms with E-state index in [-0.39, 0.29) is 0 Å². The molecule has 23 heavy (non-hydrogen) atoms. The van der Waals surface area contributed by atoms with Crippen molar-refractivity contribution >= 4 is 22.1 Å². The number of rotatable bonds is 2. The Balaban J connectivity index is 2.12. The van der Waals surface area contributed by atoms with Crippen LogP contribution in [-0.2, 0) is 13.5 Å². The van der Waals surface area contributed by atoms with Crippen molar-refractivity contribution in [1.29, 1.82) is 0 Å². The Morgan fingerprint density at radius 2 is 1.96 bits per heavy atom. The molecule has 0 aliphatic heterocycles. The monoisotopic (exact) mass is 303 g/mol. The molecule has 0 bridgehead atoms. The summed E-state index contributed by atoms with van der Waals surface area (Å²) in [6, 6.07) is 12.5. The lowest BCUT2D eigenvalue weighted by molar-refractivity contribution is -0.660. The van der Waals surface area contributed by atoms with E-state index < -0.39 is 0 Å². The lowest BCUT2D eigenvalue weighted by atomic mass is 10.0. The minimum absolute atomic E-state index is 0.700. The number of nitrogens with zero attached hydrogens (tertiary/aromatic N) is 2. The summed E-state index contributed by atoms with van der Waals surface area (Å²) >= 11 is 0. The normalized spacial score (nSPS) is 11.4. The van der Waals surface area contributed by atoms with Gasteiger partial charge in [-0.25, -0.2) is 9.55 Å². The molecular formula is C20H19N2O+. The summed E-state index contributed by atoms with van der Waals surface area (Å²) in [5.74, 6) is 0. The highest BCUT2D eigenvalue weighted by Crippen LogP contribution is 2.36. The van der Waals surface area contributed by atoms with Crippen molar-refractivity contribution in [1.82, 2.24) is 4.98 Å². The molecule has 0 aliphatic rings. The second kappa shape index (κ2) is 5.20. The van der Waals surface area contributed by atoms with E-state index in [1.54, 1.807) is 0 Å². The van der Waals surface area contributed by atoms with E-state index in [0.29, 0.717) is 5.71 Å². The zero-order valence-electron chi connectivity index (χ0n) is 13.6. The van der Waals surface area contributed by atoms with Crippen molar-refractivity contribution in [2.24, 2.45) is 7.05 Å². The molecule has 0 N–H and O–H groups in total. The van der Waals surface area contributed by atoms with Gasteiger partial charge >= 0.3 is 0 Å². The van der Waals surface area contributed by atoms with Crippen molar-refractivity contribution in [3.05, 3.63) is 59.9 Å². The topological polar surface area (TPSA) is 29.9 Å². The Morgan fingerprint density at radius 3 is 2.74 bits per heavy atom. The van der Waals surface area contributed by atoms with Gasteiger partial charge in [-0.05, 0) is 31.0 Å². The second-order valence-electron chi connectivity index (χ2n) is 5.98. The Hall–Kier alpha value is -2.68. The van der Waals surface area contributed by atoms with E-state index in [4.69, 9.17) is 4.42 Å². The van der Waals surface area contributed by atoms with Crippen LogP contribution in [-0.4, -0.2) is 4.98 Å². The molecule has 0 radical (unpaired) electrons. The van der Waals surface area contributed by atoms with Gasteiger partial charge in [-0.3, -0.25) is 0 Å². The Bertz CT molecular complexity index is 1030. The third-order valence-electron chi connectivity index (χ3n) is 4.46. The summed E-state index contributed by atoms with van der Waals surface area (Å²) in [5.41, 5.74) is 6.45. The van der Waals surface area contributed by atoms with Crippen LogP contribution in [0.5, 0.6) is 0 Å². The maximum atomic E-state index is 5.93. The van der Waals surface area contributed by atoms with Crippen molar-refractivity contribution in [3.8, 4) is 11.3 Å². The number of aryl methyl sites for hydroxylation is 3. The molecule has 3 heterocycles. The van der Waals surface area contributed by atoms with Crippen molar-refractivity contribution in [3.63, 3.8) is 0 Å². The average Bonchev–Trinajstić information content (AvgIpc) is 2.94. The maximum Gasteiger partial charge on any atom is 0.228 e. The first-order valence-corrected chi connectivity index (χ1v) is 7.95. The SMILES string of the molecule is CCc1ccc(-c2c(C)cnc3oc4ccccc4c23)[n+](C)c1. The highest BCUT2D eigenvalue weighted by Gasteiger charge is 2.21. The molecule has 0 aliphatic carbocycles. The molecule has 3 heteroatoms. The molecule has 0 saturated carbocycles. The maximum absolute atomic E-state index is 5.93. The predicted molar refractivity (Wildman–Crippen MR) is 92.2 cm³/mol. The van der Waals surface area contributed by atoms with Crippen LogP contribution >= 0.6 is 0 Å². The molecular weight excluding hydrogens is 284 g/mol. The standard InChI is InChI=1S/C20H19N2O/c1-4-14-9-10-16(22(3)12-14)18-13(2)11-21-20-19(18)15-7-5-6-8-17(15)23-20/h5-12H,4H2,1-3H3/q+1. The minimum atomic E-state index is 0.700. The predicted octanol–water partition coefficient (Wildman–Crippen LogP) is 4.34. The molecule has 0 fully saturated rings. The van der Waals surface area contributed by atoms with Gasteiger partial charge in [-0.2, -0.15) is 0 Å². The van der Waals surface area contributed by atoms with Gasteiger partial charge in [0.25, 0.3) is 0 Å². The highest BCUT2D eigenvalue weighted by molar-refractivity contribution is 6.11. The molecule has 3 aromatic heterocycles. The number of hydrogen-bond acceptors (Lipinski definition) is 2. The van der Waals surface area contributed by atoms with E-state index in [1.807, 2.05) is 24.4 Å². The van der Waals surface area contributed by atoms with Crippen molar-refractivity contribution in [2.75, 3.05) is 0 Å². The van der Waals surface area contributed by atoms with Gasteiger partial charge in [0.05, 0.1) is 10.9 Å². The number of pyridine rings is 2. The number of aromatic nitrogens is 2. The van der Waals surface area contributed by atoms with Crippen LogP contribution in [0.15, 0.2) is 53.2 Å². The zero-order chi connectivity index (χ0) is 16.0. The number of benzene rings is 1. The zero-order valence-corrected chi connectivity index (χ0v) is 13.6. The molecule has 0 saturated heterocycles. The van der Waals surface area contributed by atoms with Crippen LogP contribution in [0, 0.1) is 6.92 Å². The lowest BCUT2D eigenvalue weighted by Gasteiger charge is -2.06. The Labute approximate surface area is 135 Å². The van der Waals surface area contributed by atoms with Gasteiger partial charge in [0, 0.05) is 23.2 Å². The number of fused-ring (bicyclic) bond motifs is 3. The Kier molecular flexibility index (Phi) is 3.15. The van der Waals surface area contributed by atoms with E-state index in [2.05, 4.69) is 54.8 Å². The van der Waals surface area contributed by atoms with Gasteiger partial charge in [-0.1, -0.05) is 25.1 Å².